The monoisotopic (exact) mass is 288 g/mol. The summed E-state index contributed by atoms with van der Waals surface area (Å²) in [5.74, 6) is -0.838. The number of aryl methyl sites for hydroxylation is 2. The highest BCUT2D eigenvalue weighted by atomic mass is 16.4. The van der Waals surface area contributed by atoms with E-state index in [-0.39, 0.29) is 17.4 Å². The lowest BCUT2D eigenvalue weighted by Gasteiger charge is -2.21. The molecule has 1 amide bonds. The lowest BCUT2D eigenvalue weighted by molar-refractivity contribution is -0.124. The van der Waals surface area contributed by atoms with Gasteiger partial charge in [-0.15, -0.1) is 0 Å². The Morgan fingerprint density at radius 1 is 1.33 bits per heavy atom. The van der Waals surface area contributed by atoms with Crippen molar-refractivity contribution in [1.29, 1.82) is 0 Å². The number of aliphatic imine (C=N–C) groups is 1. The Bertz CT molecular complexity index is 662. The fourth-order valence-electron chi connectivity index (χ4n) is 2.50. The SMILES string of the molecule is Cc1cc(C)c(C(=O)O)c(C2=NC(C)(C(C)C)C(=O)N2)c1. The van der Waals surface area contributed by atoms with Crippen molar-refractivity contribution in [3.05, 3.63) is 34.4 Å². The van der Waals surface area contributed by atoms with Gasteiger partial charge in [-0.25, -0.2) is 4.79 Å². The van der Waals surface area contributed by atoms with Gasteiger partial charge in [0.1, 0.15) is 11.4 Å². The second-order valence-electron chi connectivity index (χ2n) is 6.03. The number of hydrogen-bond donors (Lipinski definition) is 2. The van der Waals surface area contributed by atoms with E-state index in [2.05, 4.69) is 10.3 Å². The van der Waals surface area contributed by atoms with Crippen LogP contribution in [0, 0.1) is 19.8 Å². The molecule has 0 saturated heterocycles. The second-order valence-corrected chi connectivity index (χ2v) is 6.03. The fraction of sp³-hybridized carbons (Fsp3) is 0.438. The molecule has 5 nitrogen and oxygen atoms in total. The molecule has 21 heavy (non-hydrogen) atoms. The Morgan fingerprint density at radius 3 is 2.43 bits per heavy atom. The van der Waals surface area contributed by atoms with Crippen molar-refractivity contribution in [3.63, 3.8) is 0 Å². The average molecular weight is 288 g/mol. The van der Waals surface area contributed by atoms with E-state index in [0.717, 1.165) is 5.56 Å². The molecule has 0 spiro atoms. The zero-order valence-corrected chi connectivity index (χ0v) is 12.9. The minimum atomic E-state index is -1.02. The predicted octanol–water partition coefficient (Wildman–Crippen LogP) is 2.29. The molecule has 0 radical (unpaired) electrons. The minimum Gasteiger partial charge on any atom is -0.478 e. The van der Waals surface area contributed by atoms with Crippen molar-refractivity contribution in [3.8, 4) is 0 Å². The number of carbonyl (C=O) groups excluding carboxylic acids is 1. The third-order valence-electron chi connectivity index (χ3n) is 4.11. The summed E-state index contributed by atoms with van der Waals surface area (Å²) in [6.45, 7) is 9.25. The molecule has 112 valence electrons. The molecule has 0 saturated carbocycles. The molecule has 5 heteroatoms. The molecule has 1 heterocycles. The van der Waals surface area contributed by atoms with Crippen LogP contribution in [-0.4, -0.2) is 28.4 Å². The summed E-state index contributed by atoms with van der Waals surface area (Å²) in [7, 11) is 0. The van der Waals surface area contributed by atoms with Gasteiger partial charge in [0.15, 0.2) is 0 Å². The number of carboxylic acid groups (broad SMARTS) is 1. The van der Waals surface area contributed by atoms with E-state index in [1.807, 2.05) is 26.8 Å². The maximum absolute atomic E-state index is 12.2. The third-order valence-corrected chi connectivity index (χ3v) is 4.11. The second kappa shape index (κ2) is 4.98. The first kappa shape index (κ1) is 15.2. The highest BCUT2D eigenvalue weighted by Crippen LogP contribution is 2.28. The normalized spacial score (nSPS) is 21.4. The summed E-state index contributed by atoms with van der Waals surface area (Å²) in [6, 6.07) is 3.56. The molecule has 1 aromatic carbocycles. The summed E-state index contributed by atoms with van der Waals surface area (Å²) in [4.78, 5) is 28.2. The van der Waals surface area contributed by atoms with Gasteiger partial charge in [0.05, 0.1) is 5.56 Å². The molecule has 1 atom stereocenters. The van der Waals surface area contributed by atoms with E-state index in [4.69, 9.17) is 0 Å². The largest absolute Gasteiger partial charge is 0.478 e. The summed E-state index contributed by atoms with van der Waals surface area (Å²) in [5.41, 5.74) is 1.39. The van der Waals surface area contributed by atoms with E-state index in [1.54, 1.807) is 19.9 Å². The van der Waals surface area contributed by atoms with Crippen LogP contribution in [0.25, 0.3) is 0 Å². The van der Waals surface area contributed by atoms with E-state index in [1.165, 1.54) is 0 Å². The Labute approximate surface area is 124 Å². The number of nitrogens with one attached hydrogen (secondary N) is 1. The molecular weight excluding hydrogens is 268 g/mol. The van der Waals surface area contributed by atoms with Crippen LogP contribution in [0.15, 0.2) is 17.1 Å². The summed E-state index contributed by atoms with van der Waals surface area (Å²) in [5, 5.41) is 12.2. The van der Waals surface area contributed by atoms with Crippen molar-refractivity contribution in [2.45, 2.75) is 40.2 Å². The standard InChI is InChI=1S/C16H20N2O3/c1-8(2)16(5)15(21)17-13(18-16)11-7-9(3)6-10(4)12(11)14(19)20/h6-8H,1-5H3,(H,19,20)(H,17,18,21). The van der Waals surface area contributed by atoms with Crippen LogP contribution in [0.4, 0.5) is 0 Å². The fourth-order valence-corrected chi connectivity index (χ4v) is 2.50. The molecule has 2 rings (SSSR count). The number of carboxylic acids is 1. The first-order chi connectivity index (χ1) is 9.66. The lowest BCUT2D eigenvalue weighted by Crippen LogP contribution is -2.41. The van der Waals surface area contributed by atoms with Crippen LogP contribution < -0.4 is 5.32 Å². The number of amidine groups is 1. The van der Waals surface area contributed by atoms with Crippen molar-refractivity contribution in [2.24, 2.45) is 10.9 Å². The zero-order chi connectivity index (χ0) is 15.9. The summed E-state index contributed by atoms with van der Waals surface area (Å²) >= 11 is 0. The highest BCUT2D eigenvalue weighted by molar-refractivity contribution is 6.18. The number of aromatic carboxylic acids is 1. The van der Waals surface area contributed by atoms with Gasteiger partial charge >= 0.3 is 5.97 Å². The topological polar surface area (TPSA) is 78.8 Å². The number of hydrogen-bond acceptors (Lipinski definition) is 3. The molecule has 1 aliphatic rings. The van der Waals surface area contributed by atoms with Crippen molar-refractivity contribution >= 4 is 17.7 Å². The van der Waals surface area contributed by atoms with Crippen LogP contribution in [0.3, 0.4) is 0 Å². The Hall–Kier alpha value is -2.17. The Kier molecular flexibility index (Phi) is 3.61. The summed E-state index contributed by atoms with van der Waals surface area (Å²) in [6.07, 6.45) is 0. The Balaban J connectivity index is 2.64. The van der Waals surface area contributed by atoms with E-state index in [9.17, 15) is 14.7 Å². The number of benzene rings is 1. The molecule has 2 N–H and O–H groups in total. The van der Waals surface area contributed by atoms with Gasteiger partial charge in [-0.2, -0.15) is 0 Å². The molecule has 0 aliphatic carbocycles. The first-order valence-corrected chi connectivity index (χ1v) is 6.93. The molecular formula is C16H20N2O3. The number of amides is 1. The maximum atomic E-state index is 12.2. The van der Waals surface area contributed by atoms with Gasteiger partial charge in [0.25, 0.3) is 5.91 Å². The number of rotatable bonds is 3. The number of carbonyl (C=O) groups is 2. The van der Waals surface area contributed by atoms with E-state index in [0.29, 0.717) is 17.0 Å². The Morgan fingerprint density at radius 2 is 1.95 bits per heavy atom. The molecule has 0 fully saturated rings. The zero-order valence-electron chi connectivity index (χ0n) is 12.9. The van der Waals surface area contributed by atoms with Gasteiger partial charge in [-0.1, -0.05) is 25.5 Å². The lowest BCUT2D eigenvalue weighted by atomic mass is 9.89. The van der Waals surface area contributed by atoms with E-state index < -0.39 is 11.5 Å². The average Bonchev–Trinajstić information content (AvgIpc) is 2.65. The molecule has 1 unspecified atom stereocenters. The van der Waals surface area contributed by atoms with E-state index >= 15 is 0 Å². The highest BCUT2D eigenvalue weighted by Gasteiger charge is 2.42. The van der Waals surface area contributed by atoms with Gasteiger partial charge in [-0.05, 0) is 38.3 Å². The number of nitrogens with zero attached hydrogens (tertiary/aromatic N) is 1. The van der Waals surface area contributed by atoms with Crippen LogP contribution in [0.2, 0.25) is 0 Å². The van der Waals surface area contributed by atoms with Crippen molar-refractivity contribution in [2.75, 3.05) is 0 Å². The van der Waals surface area contributed by atoms with Gasteiger partial charge < -0.3 is 10.4 Å². The minimum absolute atomic E-state index is 0.0224. The van der Waals surface area contributed by atoms with Crippen LogP contribution in [-0.2, 0) is 4.79 Å². The molecule has 1 aromatic rings. The molecule has 1 aliphatic heterocycles. The van der Waals surface area contributed by atoms with Gasteiger partial charge in [0.2, 0.25) is 0 Å². The maximum Gasteiger partial charge on any atom is 0.336 e. The van der Waals surface area contributed by atoms with Crippen LogP contribution >= 0.6 is 0 Å². The van der Waals surface area contributed by atoms with Crippen molar-refractivity contribution in [1.82, 2.24) is 5.32 Å². The van der Waals surface area contributed by atoms with Gasteiger partial charge in [0, 0.05) is 5.56 Å². The molecule has 0 aromatic heterocycles. The third kappa shape index (κ3) is 2.44. The smallest absolute Gasteiger partial charge is 0.336 e. The quantitative estimate of drug-likeness (QED) is 0.895. The molecule has 0 bridgehead atoms. The predicted molar refractivity (Wildman–Crippen MR) is 80.8 cm³/mol. The van der Waals surface area contributed by atoms with Crippen LogP contribution in [0.5, 0.6) is 0 Å². The van der Waals surface area contributed by atoms with Gasteiger partial charge in [-0.3, -0.25) is 9.79 Å². The van der Waals surface area contributed by atoms with Crippen molar-refractivity contribution < 1.29 is 14.7 Å². The first-order valence-electron chi connectivity index (χ1n) is 6.93. The van der Waals surface area contributed by atoms with Crippen LogP contribution in [0.1, 0.15) is 47.8 Å². The summed E-state index contributed by atoms with van der Waals surface area (Å²) < 4.78 is 0.